The van der Waals surface area contributed by atoms with Gasteiger partial charge in [0, 0.05) is 0 Å². The molecule has 2 amide bonds. The van der Waals surface area contributed by atoms with Crippen molar-refractivity contribution in [3.05, 3.63) is 0 Å². The van der Waals surface area contributed by atoms with Gasteiger partial charge in [-0.1, -0.05) is 13.8 Å². The average Bonchev–Trinajstić information content (AvgIpc) is 2.21. The summed E-state index contributed by atoms with van der Waals surface area (Å²) in [5, 5.41) is 2.62. The van der Waals surface area contributed by atoms with Gasteiger partial charge >= 0.3 is 0 Å². The summed E-state index contributed by atoms with van der Waals surface area (Å²) in [4.78, 5) is 25.0. The van der Waals surface area contributed by atoms with Crippen LogP contribution in [0.1, 0.15) is 34.1 Å². The highest BCUT2D eigenvalue weighted by atomic mass is 19.3. The number of piperazine rings is 1. The van der Waals surface area contributed by atoms with Gasteiger partial charge in [0.1, 0.15) is 11.6 Å². The summed E-state index contributed by atoms with van der Waals surface area (Å²) >= 11 is 0. The standard InChI is InChI=1S/C12H20F2N2O2/c1-7(2)5-8-10(17)16(6-9(13)14)12(3,4)11(18)15-8/h7-9H,5-6H2,1-4H3,(H,15,18). The van der Waals surface area contributed by atoms with Crippen LogP contribution in [0.4, 0.5) is 8.78 Å². The Morgan fingerprint density at radius 1 is 1.33 bits per heavy atom. The number of rotatable bonds is 4. The maximum absolute atomic E-state index is 12.5. The Morgan fingerprint density at radius 2 is 1.89 bits per heavy atom. The molecule has 1 heterocycles. The van der Waals surface area contributed by atoms with Crippen LogP contribution in [0, 0.1) is 5.92 Å². The molecule has 0 aromatic heterocycles. The van der Waals surface area contributed by atoms with Crippen LogP contribution in [0.25, 0.3) is 0 Å². The van der Waals surface area contributed by atoms with Gasteiger partial charge in [-0.25, -0.2) is 8.78 Å². The van der Waals surface area contributed by atoms with Crippen LogP contribution in [-0.2, 0) is 9.59 Å². The second kappa shape index (κ2) is 5.20. The first-order valence-electron chi connectivity index (χ1n) is 6.06. The van der Waals surface area contributed by atoms with E-state index >= 15 is 0 Å². The third kappa shape index (κ3) is 2.97. The molecule has 1 aliphatic heterocycles. The van der Waals surface area contributed by atoms with E-state index in [4.69, 9.17) is 0 Å². The predicted octanol–water partition coefficient (Wildman–Crippen LogP) is 1.40. The van der Waals surface area contributed by atoms with Crippen molar-refractivity contribution in [2.24, 2.45) is 5.92 Å². The minimum absolute atomic E-state index is 0.203. The summed E-state index contributed by atoms with van der Waals surface area (Å²) < 4.78 is 25.1. The fourth-order valence-corrected chi connectivity index (χ4v) is 2.07. The number of carbonyl (C=O) groups excluding carboxylic acids is 2. The summed E-state index contributed by atoms with van der Waals surface area (Å²) in [5.41, 5.74) is -1.22. The summed E-state index contributed by atoms with van der Waals surface area (Å²) in [6.45, 7) is 6.09. The second-order valence-corrected chi connectivity index (χ2v) is 5.55. The van der Waals surface area contributed by atoms with Crippen LogP contribution >= 0.6 is 0 Å². The Hall–Kier alpha value is -1.20. The highest BCUT2D eigenvalue weighted by molar-refractivity contribution is 5.99. The van der Waals surface area contributed by atoms with Crippen LogP contribution in [0.15, 0.2) is 0 Å². The highest BCUT2D eigenvalue weighted by Crippen LogP contribution is 2.24. The molecule has 0 radical (unpaired) electrons. The van der Waals surface area contributed by atoms with E-state index in [2.05, 4.69) is 5.32 Å². The number of hydrogen-bond acceptors (Lipinski definition) is 2. The van der Waals surface area contributed by atoms with E-state index < -0.39 is 30.5 Å². The topological polar surface area (TPSA) is 49.4 Å². The molecule has 0 aliphatic carbocycles. The predicted molar refractivity (Wildman–Crippen MR) is 63.2 cm³/mol. The normalized spacial score (nSPS) is 23.8. The van der Waals surface area contributed by atoms with Crippen molar-refractivity contribution >= 4 is 11.8 Å². The number of carbonyl (C=O) groups is 2. The van der Waals surface area contributed by atoms with Crippen molar-refractivity contribution in [3.8, 4) is 0 Å². The maximum Gasteiger partial charge on any atom is 0.255 e. The Balaban J connectivity index is 2.94. The van der Waals surface area contributed by atoms with Crippen LogP contribution in [0.3, 0.4) is 0 Å². The molecule has 1 rings (SSSR count). The van der Waals surface area contributed by atoms with E-state index in [0.29, 0.717) is 6.42 Å². The Kier molecular flexibility index (Phi) is 4.29. The molecular formula is C12H20F2N2O2. The van der Waals surface area contributed by atoms with Crippen molar-refractivity contribution < 1.29 is 18.4 Å². The van der Waals surface area contributed by atoms with Gasteiger partial charge in [0.2, 0.25) is 11.8 Å². The van der Waals surface area contributed by atoms with Gasteiger partial charge in [-0.15, -0.1) is 0 Å². The van der Waals surface area contributed by atoms with Crippen LogP contribution in [0.2, 0.25) is 0 Å². The first-order chi connectivity index (χ1) is 8.16. The molecule has 4 nitrogen and oxygen atoms in total. The summed E-state index contributed by atoms with van der Waals surface area (Å²) in [6.07, 6.45) is -2.18. The molecule has 1 aliphatic rings. The largest absolute Gasteiger partial charge is 0.342 e. The zero-order valence-corrected chi connectivity index (χ0v) is 11.2. The van der Waals surface area contributed by atoms with E-state index in [1.165, 1.54) is 13.8 Å². The smallest absolute Gasteiger partial charge is 0.255 e. The molecule has 0 saturated carbocycles. The SMILES string of the molecule is CC(C)CC1NC(=O)C(C)(C)N(CC(F)F)C1=O. The molecule has 18 heavy (non-hydrogen) atoms. The molecule has 1 N–H and O–H groups in total. The fraction of sp³-hybridized carbons (Fsp3) is 0.833. The number of hydrogen-bond donors (Lipinski definition) is 1. The van der Waals surface area contributed by atoms with E-state index in [9.17, 15) is 18.4 Å². The molecular weight excluding hydrogens is 242 g/mol. The molecule has 0 spiro atoms. The summed E-state index contributed by atoms with van der Waals surface area (Å²) in [5.74, 6) is -0.601. The van der Waals surface area contributed by atoms with Gasteiger partial charge in [-0.05, 0) is 26.2 Å². The minimum atomic E-state index is -2.64. The third-order valence-corrected chi connectivity index (χ3v) is 3.13. The van der Waals surface area contributed by atoms with Crippen molar-refractivity contribution in [1.29, 1.82) is 0 Å². The lowest BCUT2D eigenvalue weighted by atomic mass is 9.92. The van der Waals surface area contributed by atoms with Crippen molar-refractivity contribution in [1.82, 2.24) is 10.2 Å². The molecule has 6 heteroatoms. The molecule has 0 bridgehead atoms. The maximum atomic E-state index is 12.5. The minimum Gasteiger partial charge on any atom is -0.342 e. The monoisotopic (exact) mass is 262 g/mol. The lowest BCUT2D eigenvalue weighted by molar-refractivity contribution is -0.158. The van der Waals surface area contributed by atoms with Crippen LogP contribution < -0.4 is 5.32 Å². The first-order valence-corrected chi connectivity index (χ1v) is 6.06. The quantitative estimate of drug-likeness (QED) is 0.832. The van der Waals surface area contributed by atoms with E-state index in [1.54, 1.807) is 0 Å². The highest BCUT2D eigenvalue weighted by Gasteiger charge is 2.46. The van der Waals surface area contributed by atoms with Gasteiger partial charge in [-0.2, -0.15) is 0 Å². The molecule has 1 saturated heterocycles. The average molecular weight is 262 g/mol. The summed E-state index contributed by atoms with van der Waals surface area (Å²) in [6, 6.07) is -0.690. The third-order valence-electron chi connectivity index (χ3n) is 3.13. The molecule has 104 valence electrons. The zero-order chi connectivity index (χ0) is 14.1. The molecule has 1 atom stereocenters. The number of nitrogens with one attached hydrogen (secondary N) is 1. The van der Waals surface area contributed by atoms with Gasteiger partial charge in [0.25, 0.3) is 6.43 Å². The Labute approximate surface area is 106 Å². The van der Waals surface area contributed by atoms with Crippen molar-refractivity contribution in [2.45, 2.75) is 52.1 Å². The number of halogens is 2. The zero-order valence-electron chi connectivity index (χ0n) is 11.2. The van der Waals surface area contributed by atoms with E-state index in [0.717, 1.165) is 4.90 Å². The van der Waals surface area contributed by atoms with Gasteiger partial charge in [0.05, 0.1) is 6.54 Å². The first kappa shape index (κ1) is 14.9. The lowest BCUT2D eigenvalue weighted by Gasteiger charge is -2.44. The molecule has 1 unspecified atom stereocenters. The van der Waals surface area contributed by atoms with E-state index in [-0.39, 0.29) is 11.8 Å². The number of amides is 2. The Bertz CT molecular complexity index is 343. The summed E-state index contributed by atoms with van der Waals surface area (Å²) in [7, 11) is 0. The van der Waals surface area contributed by atoms with Crippen LogP contribution in [0.5, 0.6) is 0 Å². The number of nitrogens with zero attached hydrogens (tertiary/aromatic N) is 1. The number of alkyl halides is 2. The van der Waals surface area contributed by atoms with Crippen LogP contribution in [-0.4, -0.2) is 41.3 Å². The van der Waals surface area contributed by atoms with Gasteiger partial charge < -0.3 is 10.2 Å². The fourth-order valence-electron chi connectivity index (χ4n) is 2.07. The molecule has 0 aromatic carbocycles. The van der Waals surface area contributed by atoms with E-state index in [1.807, 2.05) is 13.8 Å². The van der Waals surface area contributed by atoms with Gasteiger partial charge in [0.15, 0.2) is 0 Å². The van der Waals surface area contributed by atoms with Crippen molar-refractivity contribution in [2.75, 3.05) is 6.54 Å². The van der Waals surface area contributed by atoms with Crippen molar-refractivity contribution in [3.63, 3.8) is 0 Å². The molecule has 1 fully saturated rings. The second-order valence-electron chi connectivity index (χ2n) is 5.55. The van der Waals surface area contributed by atoms with Gasteiger partial charge in [-0.3, -0.25) is 9.59 Å². The Morgan fingerprint density at radius 3 is 2.33 bits per heavy atom. The lowest BCUT2D eigenvalue weighted by Crippen LogP contribution is -2.69. The molecule has 0 aromatic rings.